The molecule has 33 heavy (non-hydrogen) atoms. The first-order chi connectivity index (χ1) is 15.9. The Morgan fingerprint density at radius 2 is 1.94 bits per heavy atom. The molecule has 1 aromatic heterocycles. The molecular weight excluding hydrogens is 537 g/mol. The van der Waals surface area contributed by atoms with Crippen LogP contribution in [0.4, 0.5) is 5.82 Å². The molecule has 4 N–H and O–H groups in total. The van der Waals surface area contributed by atoms with Crippen LogP contribution in [0, 0.1) is 0 Å². The van der Waals surface area contributed by atoms with Gasteiger partial charge in [-0.2, -0.15) is 0 Å². The first kappa shape index (κ1) is 25.1. The van der Waals surface area contributed by atoms with Crippen LogP contribution < -0.4 is 25.8 Å². The number of carbonyl (C=O) groups excluding carboxylic acids is 1. The molecule has 3 aromatic rings. The van der Waals surface area contributed by atoms with Crippen LogP contribution in [-0.2, 0) is 13.2 Å². The molecular formula is C21H22BrCl2N5O4. The molecule has 0 spiro atoms. The Morgan fingerprint density at radius 3 is 2.64 bits per heavy atom. The Hall–Kier alpha value is -2.53. The third kappa shape index (κ3) is 6.97. The SMILES string of the molecule is CCOc1cc(CNCCNC(=O)c2nonc2N)cc(Br)c1OCc1ccc(Cl)c(Cl)c1. The highest BCUT2D eigenvalue weighted by Gasteiger charge is 2.15. The lowest BCUT2D eigenvalue weighted by Crippen LogP contribution is -2.32. The monoisotopic (exact) mass is 557 g/mol. The number of ether oxygens (including phenoxy) is 2. The van der Waals surface area contributed by atoms with E-state index in [1.165, 1.54) is 0 Å². The summed E-state index contributed by atoms with van der Waals surface area (Å²) in [4.78, 5) is 11.9. The second-order valence-corrected chi connectivity index (χ2v) is 8.47. The van der Waals surface area contributed by atoms with Crippen molar-refractivity contribution in [3.05, 3.63) is 61.7 Å². The molecule has 0 aliphatic heterocycles. The molecule has 0 aliphatic rings. The predicted molar refractivity (Wildman–Crippen MR) is 129 cm³/mol. The Balaban J connectivity index is 1.55. The van der Waals surface area contributed by atoms with Gasteiger partial charge in [0.05, 0.1) is 21.1 Å². The number of nitrogens with zero attached hydrogens (tertiary/aromatic N) is 2. The maximum absolute atomic E-state index is 11.9. The summed E-state index contributed by atoms with van der Waals surface area (Å²) in [7, 11) is 0. The molecule has 0 saturated heterocycles. The highest BCUT2D eigenvalue weighted by atomic mass is 79.9. The molecule has 1 heterocycles. The van der Waals surface area contributed by atoms with Crippen molar-refractivity contribution in [2.24, 2.45) is 0 Å². The third-order valence-electron chi connectivity index (χ3n) is 4.38. The van der Waals surface area contributed by atoms with Gasteiger partial charge in [0.1, 0.15) is 6.61 Å². The van der Waals surface area contributed by atoms with Gasteiger partial charge in [-0.05, 0) is 68.6 Å². The van der Waals surface area contributed by atoms with Gasteiger partial charge in [-0.3, -0.25) is 4.79 Å². The number of hydrogen-bond acceptors (Lipinski definition) is 8. The molecule has 0 saturated carbocycles. The number of nitrogens with two attached hydrogens (primary N) is 1. The largest absolute Gasteiger partial charge is 0.490 e. The summed E-state index contributed by atoms with van der Waals surface area (Å²) >= 11 is 15.6. The molecule has 9 nitrogen and oxygen atoms in total. The number of anilines is 1. The normalized spacial score (nSPS) is 10.8. The second kappa shape index (κ2) is 12.1. The van der Waals surface area contributed by atoms with Crippen LogP contribution in [-0.4, -0.2) is 35.9 Å². The molecule has 0 fully saturated rings. The maximum Gasteiger partial charge on any atom is 0.277 e. The summed E-state index contributed by atoms with van der Waals surface area (Å²) in [5.74, 6) is 0.722. The van der Waals surface area contributed by atoms with Gasteiger partial charge in [0, 0.05) is 19.6 Å². The van der Waals surface area contributed by atoms with Crippen LogP contribution in [0.5, 0.6) is 11.5 Å². The lowest BCUT2D eigenvalue weighted by Gasteiger charge is -2.16. The summed E-state index contributed by atoms with van der Waals surface area (Å²) in [5.41, 5.74) is 7.33. The molecule has 12 heteroatoms. The number of rotatable bonds is 11. The highest BCUT2D eigenvalue weighted by Crippen LogP contribution is 2.37. The molecule has 0 bridgehead atoms. The molecule has 0 unspecified atom stereocenters. The van der Waals surface area contributed by atoms with Gasteiger partial charge in [0.25, 0.3) is 5.91 Å². The number of carbonyl (C=O) groups is 1. The van der Waals surface area contributed by atoms with Gasteiger partial charge in [-0.1, -0.05) is 29.3 Å². The average molecular weight is 559 g/mol. The summed E-state index contributed by atoms with van der Waals surface area (Å²) in [6, 6.07) is 9.21. The average Bonchev–Trinajstić information content (AvgIpc) is 3.21. The van der Waals surface area contributed by atoms with Crippen LogP contribution in [0.2, 0.25) is 10.0 Å². The highest BCUT2D eigenvalue weighted by molar-refractivity contribution is 9.10. The number of halogens is 3. The standard InChI is InChI=1S/C21H22BrCl2N5O4/c1-2-31-17-9-13(10-26-5-6-27-21(30)18-20(25)29-33-28-18)7-14(22)19(17)32-11-12-3-4-15(23)16(24)8-12/h3-4,7-9,26H,2,5-6,10-11H2,1H3,(H2,25,29)(H,27,30). The van der Waals surface area contributed by atoms with Crippen LogP contribution >= 0.6 is 39.1 Å². The molecule has 3 rings (SSSR count). The third-order valence-corrected chi connectivity index (χ3v) is 5.71. The number of aromatic nitrogens is 2. The van der Waals surface area contributed by atoms with E-state index in [9.17, 15) is 4.79 Å². The van der Waals surface area contributed by atoms with Crippen molar-refractivity contribution in [2.75, 3.05) is 25.4 Å². The van der Waals surface area contributed by atoms with Crippen molar-refractivity contribution in [1.29, 1.82) is 0 Å². The van der Waals surface area contributed by atoms with Gasteiger partial charge in [-0.15, -0.1) is 0 Å². The van der Waals surface area contributed by atoms with Gasteiger partial charge in [0.2, 0.25) is 11.5 Å². The zero-order valence-electron chi connectivity index (χ0n) is 17.7. The molecule has 0 radical (unpaired) electrons. The maximum atomic E-state index is 11.9. The minimum absolute atomic E-state index is 0.0308. The molecule has 176 valence electrons. The summed E-state index contributed by atoms with van der Waals surface area (Å²) in [6.45, 7) is 4.14. The van der Waals surface area contributed by atoms with Crippen LogP contribution in [0.3, 0.4) is 0 Å². The lowest BCUT2D eigenvalue weighted by molar-refractivity contribution is 0.0944. The summed E-state index contributed by atoms with van der Waals surface area (Å²) < 4.78 is 17.0. The van der Waals surface area contributed by atoms with Gasteiger partial charge >= 0.3 is 0 Å². The smallest absolute Gasteiger partial charge is 0.277 e. The quantitative estimate of drug-likeness (QED) is 0.299. The van der Waals surface area contributed by atoms with Crippen molar-refractivity contribution in [3.63, 3.8) is 0 Å². The van der Waals surface area contributed by atoms with E-state index in [1.54, 1.807) is 12.1 Å². The fourth-order valence-corrected chi connectivity index (χ4v) is 3.77. The zero-order valence-corrected chi connectivity index (χ0v) is 20.8. The lowest BCUT2D eigenvalue weighted by atomic mass is 10.2. The minimum Gasteiger partial charge on any atom is -0.490 e. The van der Waals surface area contributed by atoms with E-state index in [0.717, 1.165) is 15.6 Å². The molecule has 0 aliphatic carbocycles. The van der Waals surface area contributed by atoms with Crippen molar-refractivity contribution in [2.45, 2.75) is 20.1 Å². The molecule has 1 amide bonds. The van der Waals surface area contributed by atoms with E-state index in [0.29, 0.717) is 54.4 Å². The number of nitrogens with one attached hydrogen (secondary N) is 2. The zero-order chi connectivity index (χ0) is 23.8. The van der Waals surface area contributed by atoms with E-state index < -0.39 is 5.91 Å². The number of amides is 1. The van der Waals surface area contributed by atoms with Gasteiger partial charge in [0.15, 0.2) is 11.5 Å². The fourth-order valence-electron chi connectivity index (χ4n) is 2.85. The minimum atomic E-state index is -0.444. The number of hydrogen-bond donors (Lipinski definition) is 3. The van der Waals surface area contributed by atoms with Crippen LogP contribution in [0.1, 0.15) is 28.5 Å². The van der Waals surface area contributed by atoms with E-state index in [4.69, 9.17) is 38.4 Å². The first-order valence-corrected chi connectivity index (χ1v) is 11.5. The summed E-state index contributed by atoms with van der Waals surface area (Å²) in [6.07, 6.45) is 0. The van der Waals surface area contributed by atoms with Crippen molar-refractivity contribution >= 4 is 50.9 Å². The predicted octanol–water partition coefficient (Wildman–Crippen LogP) is 4.22. The van der Waals surface area contributed by atoms with Crippen LogP contribution in [0.25, 0.3) is 0 Å². The van der Waals surface area contributed by atoms with E-state index in [-0.39, 0.29) is 11.5 Å². The molecule has 2 aromatic carbocycles. The van der Waals surface area contributed by atoms with Gasteiger partial charge < -0.3 is 25.8 Å². The second-order valence-electron chi connectivity index (χ2n) is 6.81. The topological polar surface area (TPSA) is 125 Å². The van der Waals surface area contributed by atoms with E-state index in [2.05, 4.69) is 41.5 Å². The Kier molecular flexibility index (Phi) is 9.19. The molecule has 0 atom stereocenters. The number of benzene rings is 2. The van der Waals surface area contributed by atoms with Gasteiger partial charge in [-0.25, -0.2) is 4.63 Å². The van der Waals surface area contributed by atoms with E-state index >= 15 is 0 Å². The van der Waals surface area contributed by atoms with E-state index in [1.807, 2.05) is 25.1 Å². The number of nitrogen functional groups attached to an aromatic ring is 1. The fraction of sp³-hybridized carbons (Fsp3) is 0.286. The Bertz CT molecular complexity index is 1110. The van der Waals surface area contributed by atoms with Crippen molar-refractivity contribution in [3.8, 4) is 11.5 Å². The Labute approximate surface area is 209 Å². The van der Waals surface area contributed by atoms with Crippen molar-refractivity contribution in [1.82, 2.24) is 20.9 Å². The first-order valence-electron chi connectivity index (χ1n) is 9.98. The summed E-state index contributed by atoms with van der Waals surface area (Å²) in [5, 5.41) is 13.7. The Morgan fingerprint density at radius 1 is 1.12 bits per heavy atom. The van der Waals surface area contributed by atoms with Crippen LogP contribution in [0.15, 0.2) is 39.4 Å². The van der Waals surface area contributed by atoms with Crippen molar-refractivity contribution < 1.29 is 18.9 Å².